The lowest BCUT2D eigenvalue weighted by atomic mass is 10.1. The van der Waals surface area contributed by atoms with Gasteiger partial charge in [0.1, 0.15) is 0 Å². The Balaban J connectivity index is 0.00000300. The predicted molar refractivity (Wildman–Crippen MR) is 124 cm³/mol. The molecule has 0 spiro atoms. The number of halogens is 2. The minimum atomic E-state index is -0.315. The first kappa shape index (κ1) is 23.4. The Morgan fingerprint density at radius 2 is 2.21 bits per heavy atom. The number of hydrogen-bond acceptors (Lipinski definition) is 3. The Labute approximate surface area is 189 Å². The molecule has 0 amide bonds. The molecular weight excluding hydrogens is 484 g/mol. The van der Waals surface area contributed by atoms with Crippen molar-refractivity contribution in [2.45, 2.75) is 39.2 Å². The van der Waals surface area contributed by atoms with Crippen LogP contribution in [0, 0.1) is 11.7 Å². The second kappa shape index (κ2) is 11.4. The number of nitrogens with one attached hydrogen (secondary N) is 2. The average molecular weight is 515 g/mol. The van der Waals surface area contributed by atoms with Crippen molar-refractivity contribution in [3.05, 3.63) is 47.5 Å². The van der Waals surface area contributed by atoms with Crippen LogP contribution in [0.2, 0.25) is 0 Å². The number of aryl methyl sites for hydroxylation is 1. The quantitative estimate of drug-likeness (QED) is 0.303. The molecule has 0 saturated heterocycles. The number of benzene rings is 1. The van der Waals surface area contributed by atoms with Gasteiger partial charge in [0.25, 0.3) is 0 Å². The van der Waals surface area contributed by atoms with Crippen molar-refractivity contribution < 1.29 is 9.13 Å². The summed E-state index contributed by atoms with van der Waals surface area (Å²) in [6, 6.07) is 5.09. The molecule has 3 rings (SSSR count). The SMILES string of the molecule is CCNC(=NCCc1cnn(C)c1)NC(C)c1ccc(OCC2CC2)c(F)c1.I. The minimum absolute atomic E-state index is 0. The summed E-state index contributed by atoms with van der Waals surface area (Å²) < 4.78 is 21.7. The van der Waals surface area contributed by atoms with E-state index in [9.17, 15) is 4.39 Å². The second-order valence-electron chi connectivity index (χ2n) is 7.34. The Morgan fingerprint density at radius 1 is 1.41 bits per heavy atom. The molecule has 1 aliphatic rings. The highest BCUT2D eigenvalue weighted by Crippen LogP contribution is 2.30. The van der Waals surface area contributed by atoms with E-state index in [2.05, 4.69) is 20.7 Å². The summed E-state index contributed by atoms with van der Waals surface area (Å²) in [5.74, 6) is 1.34. The summed E-state index contributed by atoms with van der Waals surface area (Å²) in [6.45, 7) is 6.03. The van der Waals surface area contributed by atoms with Crippen molar-refractivity contribution in [3.63, 3.8) is 0 Å². The number of aliphatic imine (C=N–C) groups is 1. The van der Waals surface area contributed by atoms with E-state index in [1.54, 1.807) is 16.8 Å². The molecule has 1 unspecified atom stereocenters. The van der Waals surface area contributed by atoms with Gasteiger partial charge in [-0.2, -0.15) is 5.10 Å². The minimum Gasteiger partial charge on any atom is -0.490 e. The molecule has 1 aromatic carbocycles. The van der Waals surface area contributed by atoms with Gasteiger partial charge in [-0.15, -0.1) is 24.0 Å². The van der Waals surface area contributed by atoms with Gasteiger partial charge in [0, 0.05) is 26.3 Å². The van der Waals surface area contributed by atoms with Crippen molar-refractivity contribution in [2.75, 3.05) is 19.7 Å². The maximum absolute atomic E-state index is 14.4. The molecule has 1 aromatic heterocycles. The molecule has 1 saturated carbocycles. The maximum atomic E-state index is 14.4. The summed E-state index contributed by atoms with van der Waals surface area (Å²) >= 11 is 0. The fraction of sp³-hybridized carbons (Fsp3) is 0.524. The molecule has 2 aromatic rings. The Hall–Kier alpha value is -1.84. The van der Waals surface area contributed by atoms with E-state index in [1.807, 2.05) is 39.4 Å². The molecule has 0 bridgehead atoms. The molecule has 1 fully saturated rings. The lowest BCUT2D eigenvalue weighted by Crippen LogP contribution is -2.38. The van der Waals surface area contributed by atoms with Gasteiger partial charge in [-0.05, 0) is 62.3 Å². The van der Waals surface area contributed by atoms with E-state index in [0.717, 1.165) is 24.1 Å². The largest absolute Gasteiger partial charge is 0.490 e. The highest BCUT2D eigenvalue weighted by Gasteiger charge is 2.22. The predicted octanol–water partition coefficient (Wildman–Crippen LogP) is 3.82. The summed E-state index contributed by atoms with van der Waals surface area (Å²) in [5.41, 5.74) is 2.01. The summed E-state index contributed by atoms with van der Waals surface area (Å²) in [6.07, 6.45) is 7.05. The Morgan fingerprint density at radius 3 is 2.83 bits per heavy atom. The maximum Gasteiger partial charge on any atom is 0.191 e. The third-order valence-electron chi connectivity index (χ3n) is 4.75. The molecule has 1 atom stereocenters. The molecule has 29 heavy (non-hydrogen) atoms. The topological polar surface area (TPSA) is 63.5 Å². The highest BCUT2D eigenvalue weighted by atomic mass is 127. The lowest BCUT2D eigenvalue weighted by molar-refractivity contribution is 0.285. The number of rotatable bonds is 9. The third kappa shape index (κ3) is 7.49. The Kier molecular flexibility index (Phi) is 9.19. The number of ether oxygens (including phenoxy) is 1. The van der Waals surface area contributed by atoms with Gasteiger partial charge in [0.05, 0.1) is 18.8 Å². The van der Waals surface area contributed by atoms with E-state index in [0.29, 0.717) is 30.8 Å². The lowest BCUT2D eigenvalue weighted by Gasteiger charge is -2.19. The fourth-order valence-electron chi connectivity index (χ4n) is 2.90. The third-order valence-corrected chi connectivity index (χ3v) is 4.75. The molecule has 0 aliphatic heterocycles. The second-order valence-corrected chi connectivity index (χ2v) is 7.34. The number of nitrogens with zero attached hydrogens (tertiary/aromatic N) is 3. The number of aromatic nitrogens is 2. The fourth-order valence-corrected chi connectivity index (χ4v) is 2.90. The van der Waals surface area contributed by atoms with Crippen LogP contribution in [0.3, 0.4) is 0 Å². The molecule has 1 aliphatic carbocycles. The molecular formula is C21H31FIN5O. The summed E-state index contributed by atoms with van der Waals surface area (Å²) in [4.78, 5) is 4.62. The van der Waals surface area contributed by atoms with Crippen molar-refractivity contribution in [1.82, 2.24) is 20.4 Å². The van der Waals surface area contributed by atoms with Crippen molar-refractivity contribution in [1.29, 1.82) is 0 Å². The van der Waals surface area contributed by atoms with Crippen molar-refractivity contribution in [3.8, 4) is 5.75 Å². The number of hydrogen-bond donors (Lipinski definition) is 2. The van der Waals surface area contributed by atoms with E-state index in [4.69, 9.17) is 4.74 Å². The van der Waals surface area contributed by atoms with Crippen LogP contribution in [-0.4, -0.2) is 35.4 Å². The van der Waals surface area contributed by atoms with Crippen LogP contribution in [0.1, 0.15) is 43.9 Å². The first-order chi connectivity index (χ1) is 13.5. The number of guanidine groups is 1. The van der Waals surface area contributed by atoms with Gasteiger partial charge >= 0.3 is 0 Å². The van der Waals surface area contributed by atoms with Crippen LogP contribution in [0.15, 0.2) is 35.6 Å². The van der Waals surface area contributed by atoms with Crippen molar-refractivity contribution in [2.24, 2.45) is 18.0 Å². The van der Waals surface area contributed by atoms with Gasteiger partial charge in [0.2, 0.25) is 0 Å². The van der Waals surface area contributed by atoms with E-state index >= 15 is 0 Å². The standard InChI is InChI=1S/C21H30FN5O.HI/c1-4-23-21(24-10-9-17-12-25-27(3)13-17)26-15(2)18-7-8-20(19(22)11-18)28-14-16-5-6-16;/h7-8,11-13,15-16H,4-6,9-10,14H2,1-3H3,(H2,23,24,26);1H. The van der Waals surface area contributed by atoms with Crippen LogP contribution in [0.4, 0.5) is 4.39 Å². The zero-order valence-corrected chi connectivity index (χ0v) is 19.7. The smallest absolute Gasteiger partial charge is 0.191 e. The molecule has 1 heterocycles. The van der Waals surface area contributed by atoms with Crippen LogP contribution in [-0.2, 0) is 13.5 Å². The van der Waals surface area contributed by atoms with Crippen molar-refractivity contribution >= 4 is 29.9 Å². The molecule has 160 valence electrons. The molecule has 0 radical (unpaired) electrons. The van der Waals surface area contributed by atoms with E-state index in [1.165, 1.54) is 12.8 Å². The van der Waals surface area contributed by atoms with Crippen LogP contribution >= 0.6 is 24.0 Å². The van der Waals surface area contributed by atoms with Crippen LogP contribution in [0.5, 0.6) is 5.75 Å². The van der Waals surface area contributed by atoms with E-state index in [-0.39, 0.29) is 35.8 Å². The Bertz CT molecular complexity index is 806. The monoisotopic (exact) mass is 515 g/mol. The van der Waals surface area contributed by atoms with Gasteiger partial charge < -0.3 is 15.4 Å². The van der Waals surface area contributed by atoms with Crippen LogP contribution < -0.4 is 15.4 Å². The summed E-state index contributed by atoms with van der Waals surface area (Å²) in [5, 5.41) is 10.8. The zero-order chi connectivity index (χ0) is 19.9. The van der Waals surface area contributed by atoms with Gasteiger partial charge in [-0.1, -0.05) is 6.07 Å². The van der Waals surface area contributed by atoms with Gasteiger partial charge in [-0.3, -0.25) is 9.67 Å². The summed E-state index contributed by atoms with van der Waals surface area (Å²) in [7, 11) is 1.90. The van der Waals surface area contributed by atoms with E-state index < -0.39 is 0 Å². The zero-order valence-electron chi connectivity index (χ0n) is 17.3. The first-order valence-electron chi connectivity index (χ1n) is 9.99. The molecule has 6 nitrogen and oxygen atoms in total. The molecule has 2 N–H and O–H groups in total. The van der Waals surface area contributed by atoms with Gasteiger partial charge in [0.15, 0.2) is 17.5 Å². The normalized spacial score (nSPS) is 14.8. The molecule has 8 heteroatoms. The van der Waals surface area contributed by atoms with Gasteiger partial charge in [-0.25, -0.2) is 4.39 Å². The highest BCUT2D eigenvalue weighted by molar-refractivity contribution is 14.0. The van der Waals surface area contributed by atoms with Crippen LogP contribution in [0.25, 0.3) is 0 Å². The average Bonchev–Trinajstić information content (AvgIpc) is 3.41. The first-order valence-corrected chi connectivity index (χ1v) is 9.99.